The fourth-order valence-electron chi connectivity index (χ4n) is 3.22. The number of benzene rings is 2. The van der Waals surface area contributed by atoms with Crippen molar-refractivity contribution in [3.8, 4) is 11.3 Å². The second kappa shape index (κ2) is 9.80. The first-order valence-electron chi connectivity index (χ1n) is 10.2. The van der Waals surface area contributed by atoms with Gasteiger partial charge in [-0.05, 0) is 55.1 Å². The van der Waals surface area contributed by atoms with Crippen LogP contribution in [0, 0.1) is 6.92 Å². The van der Waals surface area contributed by atoms with Crippen LogP contribution in [0.2, 0.25) is 0 Å². The number of esters is 1. The lowest BCUT2D eigenvalue weighted by molar-refractivity contribution is -0.127. The number of methoxy groups -OCH3 is 1. The zero-order valence-corrected chi connectivity index (χ0v) is 19.2. The summed E-state index contributed by atoms with van der Waals surface area (Å²) in [5.41, 5.74) is 2.78. The van der Waals surface area contributed by atoms with Gasteiger partial charge in [-0.25, -0.2) is 4.79 Å². The van der Waals surface area contributed by atoms with Crippen LogP contribution in [0.3, 0.4) is 0 Å². The molecular formula is C25H20N2O6S. The maximum atomic E-state index is 12.7. The minimum atomic E-state index is -0.561. The number of hydrogen-bond acceptors (Lipinski definition) is 7. The molecular weight excluding hydrogens is 456 g/mol. The molecule has 172 valence electrons. The molecule has 1 saturated heterocycles. The highest BCUT2D eigenvalue weighted by Gasteiger charge is 2.36. The van der Waals surface area contributed by atoms with Gasteiger partial charge in [0.05, 0.1) is 17.6 Å². The molecule has 2 aromatic carbocycles. The Morgan fingerprint density at radius 1 is 1.03 bits per heavy atom. The third kappa shape index (κ3) is 5.10. The molecule has 34 heavy (non-hydrogen) atoms. The van der Waals surface area contributed by atoms with Crippen LogP contribution in [-0.4, -0.2) is 41.6 Å². The predicted molar refractivity (Wildman–Crippen MR) is 128 cm³/mol. The summed E-state index contributed by atoms with van der Waals surface area (Å²) in [5.74, 6) is -0.562. The Hall–Kier alpha value is -4.11. The van der Waals surface area contributed by atoms with Crippen molar-refractivity contribution in [1.82, 2.24) is 4.90 Å². The van der Waals surface area contributed by atoms with Gasteiger partial charge in [-0.2, -0.15) is 0 Å². The number of amides is 3. The summed E-state index contributed by atoms with van der Waals surface area (Å²) in [5, 5.41) is 2.15. The number of nitrogens with zero attached hydrogens (tertiary/aromatic N) is 1. The van der Waals surface area contributed by atoms with Gasteiger partial charge >= 0.3 is 5.97 Å². The zero-order chi connectivity index (χ0) is 24.2. The quantitative estimate of drug-likeness (QED) is 0.405. The maximum Gasteiger partial charge on any atom is 0.337 e. The molecule has 0 aliphatic carbocycles. The molecule has 1 N–H and O–H groups in total. The van der Waals surface area contributed by atoms with E-state index in [1.165, 1.54) is 13.2 Å². The van der Waals surface area contributed by atoms with Crippen molar-refractivity contribution in [1.29, 1.82) is 0 Å². The molecule has 9 heteroatoms. The molecule has 0 saturated carbocycles. The van der Waals surface area contributed by atoms with Gasteiger partial charge in [0.25, 0.3) is 11.1 Å². The molecule has 1 aliphatic rings. The van der Waals surface area contributed by atoms with Crippen LogP contribution in [0.5, 0.6) is 0 Å². The van der Waals surface area contributed by atoms with Gasteiger partial charge in [0.1, 0.15) is 18.1 Å². The van der Waals surface area contributed by atoms with Gasteiger partial charge in [-0.3, -0.25) is 19.3 Å². The normalized spacial score (nSPS) is 14.5. The average Bonchev–Trinajstić information content (AvgIpc) is 3.40. The van der Waals surface area contributed by atoms with Gasteiger partial charge in [0, 0.05) is 17.3 Å². The molecule has 0 atom stereocenters. The minimum Gasteiger partial charge on any atom is -0.465 e. The zero-order valence-electron chi connectivity index (χ0n) is 18.4. The van der Waals surface area contributed by atoms with E-state index in [9.17, 15) is 19.2 Å². The third-order valence-electron chi connectivity index (χ3n) is 5.00. The number of imide groups is 1. The Balaban J connectivity index is 1.43. The number of nitrogens with one attached hydrogen (secondary N) is 1. The molecule has 3 aromatic rings. The molecule has 4 rings (SSSR count). The number of aryl methyl sites for hydroxylation is 1. The van der Waals surface area contributed by atoms with Crippen molar-refractivity contribution in [2.75, 3.05) is 19.0 Å². The van der Waals surface area contributed by atoms with Gasteiger partial charge in [0.15, 0.2) is 0 Å². The lowest BCUT2D eigenvalue weighted by Crippen LogP contribution is -2.36. The van der Waals surface area contributed by atoms with E-state index in [4.69, 9.17) is 4.42 Å². The van der Waals surface area contributed by atoms with Crippen molar-refractivity contribution >= 4 is 46.5 Å². The van der Waals surface area contributed by atoms with Crippen molar-refractivity contribution in [2.45, 2.75) is 6.92 Å². The fraction of sp³-hybridized carbons (Fsp3) is 0.120. The smallest absolute Gasteiger partial charge is 0.337 e. The summed E-state index contributed by atoms with van der Waals surface area (Å²) in [7, 11) is 1.31. The Bertz CT molecular complexity index is 1290. The SMILES string of the molecule is COC(=O)c1ccc(-c2ccc(/C=C3\SC(=O)N(CC(=O)Nc4ccc(C)cc4)C3=O)o2)cc1. The van der Waals surface area contributed by atoms with Crippen LogP contribution in [0.25, 0.3) is 17.4 Å². The van der Waals surface area contributed by atoms with E-state index in [0.29, 0.717) is 22.8 Å². The van der Waals surface area contributed by atoms with Gasteiger partial charge < -0.3 is 14.5 Å². The van der Waals surface area contributed by atoms with E-state index in [1.54, 1.807) is 48.5 Å². The van der Waals surface area contributed by atoms with Crippen LogP contribution in [0.15, 0.2) is 70.0 Å². The molecule has 0 spiro atoms. The Labute approximate surface area is 199 Å². The number of rotatable bonds is 6. The molecule has 0 radical (unpaired) electrons. The monoisotopic (exact) mass is 476 g/mol. The Morgan fingerprint density at radius 3 is 2.41 bits per heavy atom. The van der Waals surface area contributed by atoms with E-state index in [1.807, 2.05) is 19.1 Å². The van der Waals surface area contributed by atoms with E-state index < -0.39 is 23.0 Å². The largest absolute Gasteiger partial charge is 0.465 e. The average molecular weight is 477 g/mol. The van der Waals surface area contributed by atoms with E-state index in [0.717, 1.165) is 27.8 Å². The van der Waals surface area contributed by atoms with Gasteiger partial charge in [0.2, 0.25) is 5.91 Å². The number of hydrogen-bond donors (Lipinski definition) is 1. The van der Waals surface area contributed by atoms with Gasteiger partial charge in [-0.1, -0.05) is 29.8 Å². The lowest BCUT2D eigenvalue weighted by atomic mass is 10.1. The second-order valence-electron chi connectivity index (χ2n) is 7.45. The first kappa shape index (κ1) is 23.1. The van der Waals surface area contributed by atoms with E-state index in [2.05, 4.69) is 10.1 Å². The third-order valence-corrected chi connectivity index (χ3v) is 5.91. The van der Waals surface area contributed by atoms with Crippen molar-refractivity contribution in [2.24, 2.45) is 0 Å². The lowest BCUT2D eigenvalue weighted by Gasteiger charge is -2.12. The fourth-order valence-corrected chi connectivity index (χ4v) is 4.04. The molecule has 2 heterocycles. The van der Waals surface area contributed by atoms with Crippen molar-refractivity contribution in [3.05, 3.63) is 82.5 Å². The standard InChI is InChI=1S/C25H20N2O6S/c1-15-3-9-18(10-4-15)26-22(28)14-27-23(29)21(34-25(27)31)13-19-11-12-20(33-19)16-5-7-17(8-6-16)24(30)32-2/h3-13H,14H2,1-2H3,(H,26,28)/b21-13-. The number of carbonyl (C=O) groups excluding carboxylic acids is 4. The number of furan rings is 1. The summed E-state index contributed by atoms with van der Waals surface area (Å²) >= 11 is 0.747. The van der Waals surface area contributed by atoms with Crippen molar-refractivity contribution < 1.29 is 28.3 Å². The molecule has 0 bridgehead atoms. The first-order chi connectivity index (χ1) is 16.3. The Morgan fingerprint density at radius 2 is 1.74 bits per heavy atom. The van der Waals surface area contributed by atoms with Crippen LogP contribution in [0.4, 0.5) is 10.5 Å². The molecule has 1 aromatic heterocycles. The number of thioether (sulfide) groups is 1. The van der Waals surface area contributed by atoms with Crippen LogP contribution < -0.4 is 5.32 Å². The predicted octanol–water partition coefficient (Wildman–Crippen LogP) is 4.72. The molecule has 8 nitrogen and oxygen atoms in total. The highest BCUT2D eigenvalue weighted by molar-refractivity contribution is 8.18. The summed E-state index contributed by atoms with van der Waals surface area (Å²) in [6.07, 6.45) is 1.47. The Kier molecular flexibility index (Phi) is 6.65. The summed E-state index contributed by atoms with van der Waals surface area (Å²) < 4.78 is 10.5. The molecule has 0 unspecified atom stereocenters. The summed E-state index contributed by atoms with van der Waals surface area (Å²) in [6.45, 7) is 1.55. The summed E-state index contributed by atoms with van der Waals surface area (Å²) in [4.78, 5) is 50.0. The molecule has 1 fully saturated rings. The topological polar surface area (TPSA) is 106 Å². The highest BCUT2D eigenvalue weighted by Crippen LogP contribution is 2.33. The van der Waals surface area contributed by atoms with Crippen LogP contribution in [-0.2, 0) is 14.3 Å². The number of ether oxygens (including phenoxy) is 1. The number of carbonyl (C=O) groups is 4. The maximum absolute atomic E-state index is 12.7. The van der Waals surface area contributed by atoms with E-state index >= 15 is 0 Å². The summed E-state index contributed by atoms with van der Waals surface area (Å²) in [6, 6.07) is 17.3. The van der Waals surface area contributed by atoms with E-state index in [-0.39, 0.29) is 11.4 Å². The van der Waals surface area contributed by atoms with Crippen LogP contribution >= 0.6 is 11.8 Å². The second-order valence-corrected chi connectivity index (χ2v) is 8.45. The first-order valence-corrected chi connectivity index (χ1v) is 11.1. The number of anilines is 1. The van der Waals surface area contributed by atoms with Crippen LogP contribution in [0.1, 0.15) is 21.7 Å². The van der Waals surface area contributed by atoms with Crippen molar-refractivity contribution in [3.63, 3.8) is 0 Å². The molecule has 3 amide bonds. The highest BCUT2D eigenvalue weighted by atomic mass is 32.2. The molecule has 1 aliphatic heterocycles. The minimum absolute atomic E-state index is 0.162. The van der Waals surface area contributed by atoms with Gasteiger partial charge in [-0.15, -0.1) is 0 Å².